The lowest BCUT2D eigenvalue weighted by molar-refractivity contribution is -0.118. The zero-order valence-corrected chi connectivity index (χ0v) is 20.3. The van der Waals surface area contributed by atoms with E-state index in [1.807, 2.05) is 0 Å². The summed E-state index contributed by atoms with van der Waals surface area (Å²) < 4.78 is 30.5. The van der Waals surface area contributed by atoms with E-state index in [-0.39, 0.29) is 34.4 Å². The molecule has 0 unspecified atom stereocenters. The van der Waals surface area contributed by atoms with Gasteiger partial charge in [-0.2, -0.15) is 5.10 Å². The molecule has 188 valence electrons. The van der Waals surface area contributed by atoms with Gasteiger partial charge in [-0.05, 0) is 24.3 Å². The van der Waals surface area contributed by atoms with Gasteiger partial charge in [0.15, 0.2) is 11.6 Å². The highest BCUT2D eigenvalue weighted by Crippen LogP contribution is 2.34. The Kier molecular flexibility index (Phi) is 5.60. The molecule has 0 radical (unpaired) electrons. The number of fused-ring (bicyclic) bond motifs is 2. The van der Waals surface area contributed by atoms with Crippen molar-refractivity contribution < 1.29 is 13.6 Å². The number of pyridine rings is 3. The summed E-state index contributed by atoms with van der Waals surface area (Å²) in [5.41, 5.74) is 3.13. The summed E-state index contributed by atoms with van der Waals surface area (Å²) in [5.74, 6) is -1.18. The van der Waals surface area contributed by atoms with Crippen molar-refractivity contribution in [3.05, 3.63) is 72.8 Å². The monoisotopic (exact) mass is 510 g/mol. The second kappa shape index (κ2) is 9.11. The first-order chi connectivity index (χ1) is 18.4. The highest BCUT2D eigenvalue weighted by molar-refractivity contribution is 5.97. The lowest BCUT2D eigenvalue weighted by Gasteiger charge is -2.09. The molecular formula is C27H20F2N8O. The minimum absolute atomic E-state index is 0.0399. The van der Waals surface area contributed by atoms with Gasteiger partial charge < -0.3 is 10.3 Å². The Morgan fingerprint density at radius 3 is 2.63 bits per heavy atom. The Labute approximate surface area is 214 Å². The largest absolute Gasteiger partial charge is 0.336 e. The molecule has 0 spiro atoms. The van der Waals surface area contributed by atoms with Crippen LogP contribution in [0.3, 0.4) is 0 Å². The van der Waals surface area contributed by atoms with Crippen LogP contribution in [0.2, 0.25) is 0 Å². The van der Waals surface area contributed by atoms with Crippen LogP contribution < -0.4 is 5.32 Å². The van der Waals surface area contributed by atoms with Gasteiger partial charge in [0.2, 0.25) is 5.91 Å². The van der Waals surface area contributed by atoms with Gasteiger partial charge >= 0.3 is 0 Å². The van der Waals surface area contributed by atoms with E-state index in [0.29, 0.717) is 39.1 Å². The molecule has 1 amide bonds. The third-order valence-electron chi connectivity index (χ3n) is 6.10. The predicted molar refractivity (Wildman–Crippen MR) is 139 cm³/mol. The van der Waals surface area contributed by atoms with Crippen LogP contribution in [0.25, 0.3) is 56.0 Å². The number of hydrogen-bond acceptors (Lipinski definition) is 6. The van der Waals surface area contributed by atoms with Gasteiger partial charge in [-0.3, -0.25) is 24.8 Å². The van der Waals surface area contributed by atoms with Crippen molar-refractivity contribution in [1.29, 1.82) is 0 Å². The first-order valence-electron chi connectivity index (χ1n) is 11.8. The molecule has 0 bridgehead atoms. The Morgan fingerprint density at radius 1 is 0.974 bits per heavy atom. The number of nitrogens with zero attached hydrogens (tertiary/aromatic N) is 5. The summed E-state index contributed by atoms with van der Waals surface area (Å²) in [6, 6.07) is 9.61. The van der Waals surface area contributed by atoms with E-state index < -0.39 is 11.6 Å². The molecule has 0 saturated heterocycles. The van der Waals surface area contributed by atoms with Crippen LogP contribution in [0, 0.1) is 17.6 Å². The number of aromatic amines is 2. The van der Waals surface area contributed by atoms with Gasteiger partial charge in [0.1, 0.15) is 28.4 Å². The van der Waals surface area contributed by atoms with Crippen molar-refractivity contribution in [3.63, 3.8) is 0 Å². The molecule has 11 heteroatoms. The topological polar surface area (TPSA) is 125 Å². The van der Waals surface area contributed by atoms with Crippen LogP contribution in [0.5, 0.6) is 0 Å². The zero-order chi connectivity index (χ0) is 26.4. The predicted octanol–water partition coefficient (Wildman–Crippen LogP) is 5.50. The second-order valence-corrected chi connectivity index (χ2v) is 9.01. The maximum Gasteiger partial charge on any atom is 0.226 e. The van der Waals surface area contributed by atoms with Crippen LogP contribution in [0.15, 0.2) is 61.2 Å². The molecule has 6 rings (SSSR count). The van der Waals surface area contributed by atoms with Gasteiger partial charge in [0.25, 0.3) is 0 Å². The van der Waals surface area contributed by atoms with E-state index in [4.69, 9.17) is 0 Å². The number of hydrogen-bond donors (Lipinski definition) is 3. The Morgan fingerprint density at radius 2 is 1.82 bits per heavy atom. The molecular weight excluding hydrogens is 490 g/mol. The summed E-state index contributed by atoms with van der Waals surface area (Å²) in [6.07, 6.45) is 5.97. The van der Waals surface area contributed by atoms with Gasteiger partial charge in [0.05, 0.1) is 34.5 Å². The van der Waals surface area contributed by atoms with E-state index in [2.05, 4.69) is 40.4 Å². The molecule has 0 saturated carbocycles. The Hall–Kier alpha value is -5.06. The fourth-order valence-corrected chi connectivity index (χ4v) is 4.17. The molecule has 0 aliphatic carbocycles. The number of imidazole rings is 1. The fraction of sp³-hybridized carbons (Fsp3) is 0.111. The van der Waals surface area contributed by atoms with Gasteiger partial charge in [-0.25, -0.2) is 13.8 Å². The van der Waals surface area contributed by atoms with E-state index in [9.17, 15) is 9.18 Å². The molecule has 3 N–H and O–H groups in total. The lowest BCUT2D eigenvalue weighted by atomic mass is 10.1. The van der Waals surface area contributed by atoms with Crippen molar-refractivity contribution in [3.8, 4) is 34.0 Å². The number of carbonyl (C=O) groups excluding carboxylic acids is 1. The SMILES string of the molecule is CC(C)C(=O)Nc1cncc(-c2ncc3[nH]nc(-c4nc5c(-c6ccccc6F)nccc5[nH]4)c3c2F)c1. The van der Waals surface area contributed by atoms with Crippen LogP contribution in [0.1, 0.15) is 13.8 Å². The summed E-state index contributed by atoms with van der Waals surface area (Å²) >= 11 is 0. The van der Waals surface area contributed by atoms with Crippen LogP contribution in [-0.4, -0.2) is 41.0 Å². The highest BCUT2D eigenvalue weighted by atomic mass is 19.1. The first-order valence-corrected chi connectivity index (χ1v) is 11.8. The number of amides is 1. The van der Waals surface area contributed by atoms with E-state index >= 15 is 4.39 Å². The number of aromatic nitrogens is 7. The summed E-state index contributed by atoms with van der Waals surface area (Å²) in [7, 11) is 0. The molecule has 0 aliphatic heterocycles. The van der Waals surface area contributed by atoms with Crippen molar-refractivity contribution >= 4 is 33.5 Å². The van der Waals surface area contributed by atoms with Crippen LogP contribution in [-0.2, 0) is 4.79 Å². The minimum Gasteiger partial charge on any atom is -0.336 e. The van der Waals surface area contributed by atoms with Crippen LogP contribution >= 0.6 is 0 Å². The number of halogens is 2. The number of benzene rings is 1. The molecule has 9 nitrogen and oxygen atoms in total. The molecule has 38 heavy (non-hydrogen) atoms. The van der Waals surface area contributed by atoms with Crippen molar-refractivity contribution in [2.45, 2.75) is 13.8 Å². The standard InChI is InChI=1S/C27H20F2N8O/c1-13(2)27(38)33-15-9-14(10-30-11-15)22-21(29)20-19(12-32-22)36-37-25(20)26-34-18-7-8-31-23(24(18)35-26)16-5-3-4-6-17(16)28/h3-13H,1-2H3,(H,33,38)(H,34,35)(H,36,37). The molecule has 1 aromatic carbocycles. The van der Waals surface area contributed by atoms with Crippen LogP contribution in [0.4, 0.5) is 14.5 Å². The molecule has 5 aromatic heterocycles. The van der Waals surface area contributed by atoms with Crippen molar-refractivity contribution in [2.24, 2.45) is 5.92 Å². The number of rotatable bonds is 5. The smallest absolute Gasteiger partial charge is 0.226 e. The summed E-state index contributed by atoms with van der Waals surface area (Å²) in [4.78, 5) is 32.6. The number of carbonyl (C=O) groups is 1. The zero-order valence-electron chi connectivity index (χ0n) is 20.3. The second-order valence-electron chi connectivity index (χ2n) is 9.01. The number of H-pyrrole nitrogens is 2. The highest BCUT2D eigenvalue weighted by Gasteiger charge is 2.22. The maximum absolute atomic E-state index is 16.0. The van der Waals surface area contributed by atoms with Gasteiger partial charge in [-0.15, -0.1) is 0 Å². The van der Waals surface area contributed by atoms with Crippen molar-refractivity contribution in [2.75, 3.05) is 5.32 Å². The van der Waals surface area contributed by atoms with E-state index in [0.717, 1.165) is 0 Å². The molecule has 0 fully saturated rings. The van der Waals surface area contributed by atoms with E-state index in [1.54, 1.807) is 50.4 Å². The third-order valence-corrected chi connectivity index (χ3v) is 6.10. The summed E-state index contributed by atoms with van der Waals surface area (Å²) in [6.45, 7) is 3.55. The average molecular weight is 511 g/mol. The van der Waals surface area contributed by atoms with E-state index in [1.165, 1.54) is 24.7 Å². The lowest BCUT2D eigenvalue weighted by Crippen LogP contribution is -2.17. The number of nitrogens with one attached hydrogen (secondary N) is 3. The van der Waals surface area contributed by atoms with Gasteiger partial charge in [-0.1, -0.05) is 26.0 Å². The quantitative estimate of drug-likeness (QED) is 0.281. The molecule has 0 aliphatic rings. The Balaban J connectivity index is 1.46. The molecule has 5 heterocycles. The fourth-order valence-electron chi connectivity index (χ4n) is 4.17. The summed E-state index contributed by atoms with van der Waals surface area (Å²) in [5, 5.41) is 10.0. The Bertz CT molecular complexity index is 1840. The minimum atomic E-state index is -0.631. The van der Waals surface area contributed by atoms with Gasteiger partial charge in [0, 0.05) is 29.4 Å². The molecule has 6 aromatic rings. The third kappa shape index (κ3) is 3.94. The van der Waals surface area contributed by atoms with Crippen molar-refractivity contribution in [1.82, 2.24) is 35.1 Å². The number of anilines is 1. The molecule has 0 atom stereocenters. The first kappa shape index (κ1) is 23.3. The normalized spacial score (nSPS) is 11.5. The maximum atomic E-state index is 16.0. The average Bonchev–Trinajstić information content (AvgIpc) is 3.54.